The minimum Gasteiger partial charge on any atom is -0.383 e. The van der Waals surface area contributed by atoms with Crippen molar-refractivity contribution in [2.24, 2.45) is 0 Å². The zero-order valence-corrected chi connectivity index (χ0v) is 13.1. The largest absolute Gasteiger partial charge is 0.383 e. The smallest absolute Gasteiger partial charge is 0.249 e. The SMILES string of the molecule is COCCNC(=O)[C@@H]1CC[C@H]2[C@H](CCN2c2ncc(F)cn2)O1. The van der Waals surface area contributed by atoms with Gasteiger partial charge in [0.15, 0.2) is 5.82 Å². The minimum atomic E-state index is -0.447. The van der Waals surface area contributed by atoms with Crippen molar-refractivity contribution in [3.63, 3.8) is 0 Å². The molecule has 3 rings (SSSR count). The van der Waals surface area contributed by atoms with Gasteiger partial charge in [0.05, 0.1) is 31.1 Å². The summed E-state index contributed by atoms with van der Waals surface area (Å²) in [6, 6.07) is 0.142. The number of hydrogen-bond acceptors (Lipinski definition) is 6. The highest BCUT2D eigenvalue weighted by Gasteiger charge is 2.42. The summed E-state index contributed by atoms with van der Waals surface area (Å²) in [5, 5.41) is 2.81. The third kappa shape index (κ3) is 3.59. The molecule has 0 aliphatic carbocycles. The molecule has 0 saturated carbocycles. The summed E-state index contributed by atoms with van der Waals surface area (Å²) >= 11 is 0. The van der Waals surface area contributed by atoms with Gasteiger partial charge in [-0.25, -0.2) is 14.4 Å². The summed E-state index contributed by atoms with van der Waals surface area (Å²) in [6.07, 6.45) is 4.20. The van der Waals surface area contributed by atoms with Gasteiger partial charge in [-0.05, 0) is 19.3 Å². The number of anilines is 1. The standard InChI is InChI=1S/C15H21FN4O3/c1-22-7-5-17-14(21)13-3-2-11-12(23-13)4-6-20(11)15-18-8-10(16)9-19-15/h8-9,11-13H,2-7H2,1H3,(H,17,21)/t11-,12-,13-/m0/s1. The molecular weight excluding hydrogens is 303 g/mol. The molecule has 3 atom stereocenters. The van der Waals surface area contributed by atoms with Crippen LogP contribution in [0, 0.1) is 5.82 Å². The first kappa shape index (κ1) is 16.1. The normalized spacial score (nSPS) is 26.9. The number of nitrogens with one attached hydrogen (secondary N) is 1. The van der Waals surface area contributed by atoms with E-state index in [0.29, 0.717) is 25.5 Å². The molecule has 7 nitrogen and oxygen atoms in total. The summed E-state index contributed by atoms with van der Waals surface area (Å²) in [5.74, 6) is -0.0142. The second-order valence-corrected chi connectivity index (χ2v) is 5.78. The van der Waals surface area contributed by atoms with Gasteiger partial charge >= 0.3 is 0 Å². The van der Waals surface area contributed by atoms with Crippen molar-refractivity contribution in [1.82, 2.24) is 15.3 Å². The fraction of sp³-hybridized carbons (Fsp3) is 0.667. The molecule has 1 N–H and O–H groups in total. The Hall–Kier alpha value is -1.80. The summed E-state index contributed by atoms with van der Waals surface area (Å²) < 4.78 is 23.8. The van der Waals surface area contributed by atoms with E-state index in [1.165, 1.54) is 12.4 Å². The van der Waals surface area contributed by atoms with Crippen LogP contribution in [0.15, 0.2) is 12.4 Å². The lowest BCUT2D eigenvalue weighted by molar-refractivity contribution is -0.141. The maximum atomic E-state index is 13.0. The fourth-order valence-electron chi connectivity index (χ4n) is 3.21. The third-order valence-electron chi connectivity index (χ3n) is 4.31. The Kier molecular flexibility index (Phi) is 5.02. The summed E-state index contributed by atoms with van der Waals surface area (Å²) in [7, 11) is 1.60. The van der Waals surface area contributed by atoms with E-state index in [4.69, 9.17) is 9.47 Å². The summed E-state index contributed by atoms with van der Waals surface area (Å²) in [6.45, 7) is 1.72. The van der Waals surface area contributed by atoms with Crippen LogP contribution in [-0.4, -0.2) is 60.9 Å². The average molecular weight is 324 g/mol. The Morgan fingerprint density at radius 2 is 2.22 bits per heavy atom. The van der Waals surface area contributed by atoms with E-state index < -0.39 is 11.9 Å². The predicted molar refractivity (Wildman–Crippen MR) is 80.5 cm³/mol. The molecule has 2 aliphatic rings. The van der Waals surface area contributed by atoms with Crippen molar-refractivity contribution in [3.8, 4) is 0 Å². The van der Waals surface area contributed by atoms with E-state index in [-0.39, 0.29) is 18.1 Å². The van der Waals surface area contributed by atoms with Crippen LogP contribution in [0.4, 0.5) is 10.3 Å². The Labute approximate surface area is 134 Å². The fourth-order valence-corrected chi connectivity index (χ4v) is 3.21. The number of rotatable bonds is 5. The number of aromatic nitrogens is 2. The number of hydrogen-bond donors (Lipinski definition) is 1. The van der Waals surface area contributed by atoms with Crippen LogP contribution in [0.25, 0.3) is 0 Å². The molecule has 1 amide bonds. The number of fused-ring (bicyclic) bond motifs is 1. The molecule has 0 aromatic carbocycles. The molecular formula is C15H21FN4O3. The number of amides is 1. The molecule has 126 valence electrons. The van der Waals surface area contributed by atoms with E-state index in [9.17, 15) is 9.18 Å². The molecule has 2 fully saturated rings. The molecule has 0 bridgehead atoms. The molecule has 0 unspecified atom stereocenters. The van der Waals surface area contributed by atoms with Gasteiger partial charge in [-0.3, -0.25) is 4.79 Å². The van der Waals surface area contributed by atoms with Crippen LogP contribution in [0.5, 0.6) is 0 Å². The van der Waals surface area contributed by atoms with Crippen LogP contribution >= 0.6 is 0 Å². The Morgan fingerprint density at radius 1 is 1.43 bits per heavy atom. The van der Waals surface area contributed by atoms with E-state index in [1.807, 2.05) is 4.90 Å². The van der Waals surface area contributed by atoms with Crippen LogP contribution in [0.3, 0.4) is 0 Å². The van der Waals surface area contributed by atoms with Crippen molar-refractivity contribution in [1.29, 1.82) is 0 Å². The van der Waals surface area contributed by atoms with Gasteiger partial charge in [-0.1, -0.05) is 0 Å². The first-order valence-electron chi connectivity index (χ1n) is 7.85. The number of carbonyl (C=O) groups is 1. The van der Waals surface area contributed by atoms with Gasteiger partial charge in [0.25, 0.3) is 0 Å². The maximum absolute atomic E-state index is 13.0. The highest BCUT2D eigenvalue weighted by molar-refractivity contribution is 5.80. The quantitative estimate of drug-likeness (QED) is 0.795. The average Bonchev–Trinajstić information content (AvgIpc) is 2.99. The van der Waals surface area contributed by atoms with Crippen molar-refractivity contribution in [2.45, 2.75) is 37.5 Å². The second kappa shape index (κ2) is 7.18. The second-order valence-electron chi connectivity index (χ2n) is 5.78. The van der Waals surface area contributed by atoms with Crippen molar-refractivity contribution in [3.05, 3.63) is 18.2 Å². The highest BCUT2D eigenvalue weighted by Crippen LogP contribution is 2.33. The Bertz CT molecular complexity index is 542. The lowest BCUT2D eigenvalue weighted by Crippen LogP contribution is -2.48. The topological polar surface area (TPSA) is 76.6 Å². The van der Waals surface area contributed by atoms with Gasteiger partial charge in [-0.15, -0.1) is 0 Å². The molecule has 2 saturated heterocycles. The monoisotopic (exact) mass is 324 g/mol. The number of carbonyl (C=O) groups excluding carboxylic acids is 1. The van der Waals surface area contributed by atoms with Crippen LogP contribution in [0.2, 0.25) is 0 Å². The molecule has 1 aromatic rings. The maximum Gasteiger partial charge on any atom is 0.249 e. The number of methoxy groups -OCH3 is 1. The first-order chi connectivity index (χ1) is 11.2. The molecule has 0 spiro atoms. The zero-order chi connectivity index (χ0) is 16.2. The molecule has 1 aromatic heterocycles. The van der Waals surface area contributed by atoms with Gasteiger partial charge in [0.1, 0.15) is 6.10 Å². The third-order valence-corrected chi connectivity index (χ3v) is 4.31. The van der Waals surface area contributed by atoms with E-state index in [0.717, 1.165) is 19.4 Å². The summed E-state index contributed by atoms with van der Waals surface area (Å²) in [5.41, 5.74) is 0. The van der Waals surface area contributed by atoms with Gasteiger partial charge in [0, 0.05) is 20.2 Å². The highest BCUT2D eigenvalue weighted by atomic mass is 19.1. The molecule has 23 heavy (non-hydrogen) atoms. The first-order valence-corrected chi connectivity index (χ1v) is 7.85. The molecule has 8 heteroatoms. The molecule has 2 aliphatic heterocycles. The van der Waals surface area contributed by atoms with Crippen molar-refractivity contribution >= 4 is 11.9 Å². The van der Waals surface area contributed by atoms with Gasteiger partial charge < -0.3 is 19.7 Å². The zero-order valence-electron chi connectivity index (χ0n) is 13.1. The lowest BCUT2D eigenvalue weighted by Gasteiger charge is -2.35. The Morgan fingerprint density at radius 3 is 2.96 bits per heavy atom. The summed E-state index contributed by atoms with van der Waals surface area (Å²) in [4.78, 5) is 22.2. The van der Waals surface area contributed by atoms with Crippen molar-refractivity contribution in [2.75, 3.05) is 31.7 Å². The van der Waals surface area contributed by atoms with E-state index in [1.54, 1.807) is 7.11 Å². The lowest BCUT2D eigenvalue weighted by atomic mass is 9.99. The van der Waals surface area contributed by atoms with Crippen LogP contribution in [0.1, 0.15) is 19.3 Å². The van der Waals surface area contributed by atoms with Gasteiger partial charge in [-0.2, -0.15) is 0 Å². The van der Waals surface area contributed by atoms with E-state index in [2.05, 4.69) is 15.3 Å². The van der Waals surface area contributed by atoms with Crippen molar-refractivity contribution < 1.29 is 18.7 Å². The Balaban J connectivity index is 1.57. The van der Waals surface area contributed by atoms with E-state index >= 15 is 0 Å². The van der Waals surface area contributed by atoms with Gasteiger partial charge in [0.2, 0.25) is 11.9 Å². The molecule has 0 radical (unpaired) electrons. The number of nitrogens with zero attached hydrogens (tertiary/aromatic N) is 3. The number of halogens is 1. The van der Waals surface area contributed by atoms with Crippen LogP contribution in [-0.2, 0) is 14.3 Å². The predicted octanol–water partition coefficient (Wildman–Crippen LogP) is 0.505. The number of ether oxygens (including phenoxy) is 2. The molecule has 3 heterocycles. The van der Waals surface area contributed by atoms with Crippen LogP contribution < -0.4 is 10.2 Å². The minimum absolute atomic E-state index is 0.0180.